The lowest BCUT2D eigenvalue weighted by atomic mass is 10.0. The highest BCUT2D eigenvalue weighted by atomic mass is 16.5. The second kappa shape index (κ2) is 8.58. The second-order valence-electron chi connectivity index (χ2n) is 4.95. The van der Waals surface area contributed by atoms with Crippen molar-refractivity contribution in [3.8, 4) is 0 Å². The summed E-state index contributed by atoms with van der Waals surface area (Å²) in [4.78, 5) is 23.9. The van der Waals surface area contributed by atoms with Gasteiger partial charge in [0.1, 0.15) is 0 Å². The van der Waals surface area contributed by atoms with Crippen LogP contribution in [-0.2, 0) is 9.53 Å². The normalized spacial score (nSPS) is 11.3. The molecule has 0 radical (unpaired) electrons. The average Bonchev–Trinajstić information content (AvgIpc) is 2.56. The molecule has 2 rings (SSSR count). The first-order valence-electron chi connectivity index (χ1n) is 7.52. The Morgan fingerprint density at radius 1 is 1.00 bits per heavy atom. The molecule has 0 spiro atoms. The standard InChI is InChI=1S/C18H20N2O3/c1-2-23-18(22)20-16(14-9-5-3-6-10-14)13-17(21)19-15-11-7-4-8-12-15/h3-12,16H,2,13H2,1H3,(H,19,21)(H,20,22)/t16-/m1/s1. The van der Waals surface area contributed by atoms with Crippen molar-refractivity contribution in [3.63, 3.8) is 0 Å². The van der Waals surface area contributed by atoms with Crippen LogP contribution in [0.4, 0.5) is 10.5 Å². The minimum Gasteiger partial charge on any atom is -0.450 e. The molecule has 2 aromatic rings. The van der Waals surface area contributed by atoms with Gasteiger partial charge in [0.15, 0.2) is 0 Å². The molecule has 2 amide bonds. The zero-order valence-electron chi connectivity index (χ0n) is 13.0. The van der Waals surface area contributed by atoms with Gasteiger partial charge in [-0.25, -0.2) is 4.79 Å². The van der Waals surface area contributed by atoms with Crippen LogP contribution in [0.25, 0.3) is 0 Å². The van der Waals surface area contributed by atoms with Gasteiger partial charge in [0.05, 0.1) is 19.1 Å². The van der Waals surface area contributed by atoms with E-state index in [4.69, 9.17) is 4.74 Å². The highest BCUT2D eigenvalue weighted by molar-refractivity contribution is 5.91. The fourth-order valence-electron chi connectivity index (χ4n) is 2.17. The van der Waals surface area contributed by atoms with Crippen LogP contribution in [0.1, 0.15) is 24.9 Å². The van der Waals surface area contributed by atoms with E-state index < -0.39 is 12.1 Å². The summed E-state index contributed by atoms with van der Waals surface area (Å²) in [5.74, 6) is -0.179. The van der Waals surface area contributed by atoms with E-state index in [1.165, 1.54) is 0 Å². The molecule has 0 aliphatic carbocycles. The molecule has 0 saturated carbocycles. The van der Waals surface area contributed by atoms with Gasteiger partial charge in [0.2, 0.25) is 5.91 Å². The quantitative estimate of drug-likeness (QED) is 0.858. The van der Waals surface area contributed by atoms with Crippen molar-refractivity contribution in [2.75, 3.05) is 11.9 Å². The Hall–Kier alpha value is -2.82. The molecular formula is C18H20N2O3. The van der Waals surface area contributed by atoms with Crippen molar-refractivity contribution in [2.45, 2.75) is 19.4 Å². The van der Waals surface area contributed by atoms with Crippen LogP contribution >= 0.6 is 0 Å². The topological polar surface area (TPSA) is 67.4 Å². The number of nitrogens with one attached hydrogen (secondary N) is 2. The molecule has 23 heavy (non-hydrogen) atoms. The van der Waals surface area contributed by atoms with Crippen molar-refractivity contribution in [3.05, 3.63) is 66.2 Å². The van der Waals surface area contributed by atoms with Crippen molar-refractivity contribution >= 4 is 17.7 Å². The van der Waals surface area contributed by atoms with E-state index in [2.05, 4.69) is 10.6 Å². The van der Waals surface area contributed by atoms with Gasteiger partial charge in [-0.15, -0.1) is 0 Å². The Labute approximate surface area is 135 Å². The van der Waals surface area contributed by atoms with Crippen molar-refractivity contribution < 1.29 is 14.3 Å². The summed E-state index contributed by atoms with van der Waals surface area (Å²) < 4.78 is 4.91. The average molecular weight is 312 g/mol. The molecule has 0 aromatic heterocycles. The molecule has 120 valence electrons. The summed E-state index contributed by atoms with van der Waals surface area (Å²) in [6.07, 6.45) is -0.411. The number of carbonyl (C=O) groups is 2. The van der Waals surface area contributed by atoms with E-state index in [0.717, 1.165) is 11.3 Å². The summed E-state index contributed by atoms with van der Waals surface area (Å²) in [5.41, 5.74) is 1.57. The van der Waals surface area contributed by atoms with Gasteiger partial charge in [0, 0.05) is 5.69 Å². The minimum atomic E-state index is -0.533. The molecule has 5 nitrogen and oxygen atoms in total. The molecule has 5 heteroatoms. The number of alkyl carbamates (subject to hydrolysis) is 1. The van der Waals surface area contributed by atoms with E-state index in [1.54, 1.807) is 6.92 Å². The van der Waals surface area contributed by atoms with Gasteiger partial charge in [-0.2, -0.15) is 0 Å². The summed E-state index contributed by atoms with van der Waals surface area (Å²) in [5, 5.41) is 5.55. The predicted octanol–water partition coefficient (Wildman–Crippen LogP) is 3.50. The molecule has 0 aliphatic rings. The van der Waals surface area contributed by atoms with E-state index >= 15 is 0 Å². The lowest BCUT2D eigenvalue weighted by Gasteiger charge is -2.18. The molecule has 0 heterocycles. The minimum absolute atomic E-state index is 0.123. The van der Waals surface area contributed by atoms with Crippen LogP contribution in [-0.4, -0.2) is 18.6 Å². The van der Waals surface area contributed by atoms with Crippen LogP contribution in [0.3, 0.4) is 0 Å². The van der Waals surface area contributed by atoms with E-state index in [1.807, 2.05) is 60.7 Å². The van der Waals surface area contributed by atoms with Crippen LogP contribution in [0.5, 0.6) is 0 Å². The molecule has 1 atom stereocenters. The molecule has 0 unspecified atom stereocenters. The van der Waals surface area contributed by atoms with Gasteiger partial charge in [-0.1, -0.05) is 48.5 Å². The van der Waals surface area contributed by atoms with Gasteiger partial charge in [0.25, 0.3) is 0 Å². The summed E-state index contributed by atoms with van der Waals surface area (Å²) in [6, 6.07) is 18.1. The monoisotopic (exact) mass is 312 g/mol. The molecule has 0 saturated heterocycles. The first-order chi connectivity index (χ1) is 11.2. The van der Waals surface area contributed by atoms with Gasteiger partial charge in [-0.3, -0.25) is 4.79 Å². The van der Waals surface area contributed by atoms with Crippen LogP contribution in [0.2, 0.25) is 0 Å². The number of benzene rings is 2. The highest BCUT2D eigenvalue weighted by Gasteiger charge is 2.19. The fraction of sp³-hybridized carbons (Fsp3) is 0.222. The highest BCUT2D eigenvalue weighted by Crippen LogP contribution is 2.18. The van der Waals surface area contributed by atoms with Crippen LogP contribution < -0.4 is 10.6 Å². The maximum Gasteiger partial charge on any atom is 0.407 e. The van der Waals surface area contributed by atoms with Gasteiger partial charge < -0.3 is 15.4 Å². The summed E-state index contributed by atoms with van der Waals surface area (Å²) in [6.45, 7) is 2.02. The van der Waals surface area contributed by atoms with E-state index in [9.17, 15) is 9.59 Å². The third-order valence-corrected chi connectivity index (χ3v) is 3.22. The Morgan fingerprint density at radius 3 is 2.22 bits per heavy atom. The SMILES string of the molecule is CCOC(=O)N[C@H](CC(=O)Nc1ccccc1)c1ccccc1. The number of para-hydroxylation sites is 1. The zero-order valence-corrected chi connectivity index (χ0v) is 13.0. The van der Waals surface area contributed by atoms with Crippen molar-refractivity contribution in [1.82, 2.24) is 5.32 Å². The van der Waals surface area contributed by atoms with E-state index in [0.29, 0.717) is 0 Å². The molecule has 2 N–H and O–H groups in total. The second-order valence-corrected chi connectivity index (χ2v) is 4.95. The van der Waals surface area contributed by atoms with E-state index in [-0.39, 0.29) is 18.9 Å². The smallest absolute Gasteiger partial charge is 0.407 e. The van der Waals surface area contributed by atoms with Gasteiger partial charge >= 0.3 is 6.09 Å². The predicted molar refractivity (Wildman–Crippen MR) is 89.0 cm³/mol. The Balaban J connectivity index is 2.04. The lowest BCUT2D eigenvalue weighted by molar-refractivity contribution is -0.116. The third-order valence-electron chi connectivity index (χ3n) is 3.22. The van der Waals surface area contributed by atoms with Crippen molar-refractivity contribution in [1.29, 1.82) is 0 Å². The Morgan fingerprint density at radius 2 is 1.61 bits per heavy atom. The van der Waals surface area contributed by atoms with Crippen LogP contribution in [0, 0.1) is 0 Å². The number of amides is 2. The van der Waals surface area contributed by atoms with Crippen LogP contribution in [0.15, 0.2) is 60.7 Å². The van der Waals surface area contributed by atoms with Crippen molar-refractivity contribution in [2.24, 2.45) is 0 Å². The number of carbonyl (C=O) groups excluding carboxylic acids is 2. The number of anilines is 1. The number of ether oxygens (including phenoxy) is 1. The fourth-order valence-corrected chi connectivity index (χ4v) is 2.17. The first-order valence-corrected chi connectivity index (χ1v) is 7.52. The Kier molecular flexibility index (Phi) is 6.17. The largest absolute Gasteiger partial charge is 0.450 e. The first kappa shape index (κ1) is 16.5. The molecule has 0 bridgehead atoms. The molecular weight excluding hydrogens is 292 g/mol. The number of hydrogen-bond donors (Lipinski definition) is 2. The summed E-state index contributed by atoms with van der Waals surface area (Å²) in [7, 11) is 0. The molecule has 0 fully saturated rings. The Bertz CT molecular complexity index is 629. The third kappa shape index (κ3) is 5.47. The number of rotatable bonds is 6. The zero-order chi connectivity index (χ0) is 16.5. The summed E-state index contributed by atoms with van der Waals surface area (Å²) >= 11 is 0. The molecule has 2 aromatic carbocycles. The maximum atomic E-state index is 12.2. The maximum absolute atomic E-state index is 12.2. The lowest BCUT2D eigenvalue weighted by Crippen LogP contribution is -2.32. The van der Waals surface area contributed by atoms with Gasteiger partial charge in [-0.05, 0) is 24.6 Å². The number of hydrogen-bond acceptors (Lipinski definition) is 3. The molecule has 0 aliphatic heterocycles.